The molecule has 0 radical (unpaired) electrons. The molecule has 0 fully saturated rings. The number of benzene rings is 1. The fourth-order valence-corrected chi connectivity index (χ4v) is 3.70. The Bertz CT molecular complexity index is 941. The largest absolute Gasteiger partial charge is 0.508 e. The zero-order valence-corrected chi connectivity index (χ0v) is 21.9. The van der Waals surface area contributed by atoms with E-state index in [0.717, 1.165) is 0 Å². The van der Waals surface area contributed by atoms with Crippen LogP contribution in [0, 0.1) is 5.92 Å². The first-order valence-corrected chi connectivity index (χ1v) is 13.1. The highest BCUT2D eigenvalue weighted by atomic mass is 32.2. The van der Waals surface area contributed by atoms with E-state index in [2.05, 4.69) is 16.0 Å². The minimum Gasteiger partial charge on any atom is -0.508 e. The summed E-state index contributed by atoms with van der Waals surface area (Å²) in [5.41, 5.74) is 6.40. The summed E-state index contributed by atoms with van der Waals surface area (Å²) < 4.78 is 0. The highest BCUT2D eigenvalue weighted by molar-refractivity contribution is 7.98. The van der Waals surface area contributed by atoms with Gasteiger partial charge in [0.05, 0.1) is 6.04 Å². The predicted molar refractivity (Wildman–Crippen MR) is 138 cm³/mol. The van der Waals surface area contributed by atoms with E-state index in [0.29, 0.717) is 11.3 Å². The van der Waals surface area contributed by atoms with Gasteiger partial charge in [-0.2, -0.15) is 11.8 Å². The zero-order chi connectivity index (χ0) is 28.1. The summed E-state index contributed by atoms with van der Waals surface area (Å²) in [6.45, 7) is 3.44. The van der Waals surface area contributed by atoms with Gasteiger partial charge < -0.3 is 37.0 Å². The van der Waals surface area contributed by atoms with Gasteiger partial charge >= 0.3 is 11.9 Å². The van der Waals surface area contributed by atoms with Crippen LogP contribution in [0.15, 0.2) is 24.3 Å². The molecule has 1 rings (SSSR count). The molecular formula is C24H36N4O8S. The molecule has 37 heavy (non-hydrogen) atoms. The maximum Gasteiger partial charge on any atom is 0.326 e. The maximum atomic E-state index is 13.0. The Morgan fingerprint density at radius 2 is 1.38 bits per heavy atom. The van der Waals surface area contributed by atoms with Crippen LogP contribution in [-0.2, 0) is 30.4 Å². The number of phenols is 1. The van der Waals surface area contributed by atoms with Crippen LogP contribution in [0.2, 0.25) is 0 Å². The van der Waals surface area contributed by atoms with Crippen molar-refractivity contribution in [3.05, 3.63) is 29.8 Å². The van der Waals surface area contributed by atoms with Gasteiger partial charge in [-0.15, -0.1) is 0 Å². The molecule has 0 aromatic heterocycles. The third kappa shape index (κ3) is 11.5. The highest BCUT2D eigenvalue weighted by Gasteiger charge is 2.31. The number of nitrogens with two attached hydrogens (primary N) is 1. The molecule has 0 heterocycles. The van der Waals surface area contributed by atoms with Gasteiger partial charge in [0.25, 0.3) is 0 Å². The van der Waals surface area contributed by atoms with Gasteiger partial charge in [-0.05, 0) is 48.5 Å². The summed E-state index contributed by atoms with van der Waals surface area (Å²) in [6, 6.07) is 1.23. The van der Waals surface area contributed by atoms with Crippen molar-refractivity contribution in [1.82, 2.24) is 16.0 Å². The first-order chi connectivity index (χ1) is 17.3. The molecule has 0 aliphatic rings. The Hall–Kier alpha value is -3.32. The number of rotatable bonds is 16. The van der Waals surface area contributed by atoms with E-state index >= 15 is 0 Å². The molecule has 8 N–H and O–H groups in total. The van der Waals surface area contributed by atoms with Crippen LogP contribution in [0.5, 0.6) is 5.75 Å². The second kappa shape index (κ2) is 15.7. The number of nitrogens with one attached hydrogen (secondary N) is 3. The number of phenolic OH excluding ortho intramolecular Hbond substituents is 1. The smallest absolute Gasteiger partial charge is 0.326 e. The third-order valence-corrected chi connectivity index (χ3v) is 6.18. The molecule has 0 spiro atoms. The number of carboxylic acid groups (broad SMARTS) is 2. The average molecular weight is 541 g/mol. The summed E-state index contributed by atoms with van der Waals surface area (Å²) in [4.78, 5) is 61.3. The molecule has 0 saturated carbocycles. The zero-order valence-electron chi connectivity index (χ0n) is 21.1. The normalized spacial score (nSPS) is 14.2. The minimum absolute atomic E-state index is 0.0124. The van der Waals surface area contributed by atoms with Crippen molar-refractivity contribution < 1.29 is 39.3 Å². The van der Waals surface area contributed by atoms with Crippen LogP contribution in [-0.4, -0.2) is 81.2 Å². The van der Waals surface area contributed by atoms with Gasteiger partial charge in [-0.1, -0.05) is 26.0 Å². The number of carbonyl (C=O) groups excluding carboxylic acids is 3. The lowest BCUT2D eigenvalue weighted by molar-refractivity contribution is -0.142. The summed E-state index contributed by atoms with van der Waals surface area (Å²) in [7, 11) is 0. The number of carboxylic acids is 2. The van der Waals surface area contributed by atoms with E-state index in [9.17, 15) is 34.2 Å². The van der Waals surface area contributed by atoms with Gasteiger partial charge in [0, 0.05) is 12.8 Å². The number of hydrogen-bond acceptors (Lipinski definition) is 8. The topological polar surface area (TPSA) is 208 Å². The number of aliphatic carboxylic acids is 2. The second-order valence-corrected chi connectivity index (χ2v) is 9.86. The van der Waals surface area contributed by atoms with Crippen LogP contribution in [0.25, 0.3) is 0 Å². The molecule has 13 heteroatoms. The lowest BCUT2D eigenvalue weighted by Crippen LogP contribution is -2.57. The van der Waals surface area contributed by atoms with Gasteiger partial charge in [-0.25, -0.2) is 4.79 Å². The van der Waals surface area contributed by atoms with Gasteiger partial charge in [0.15, 0.2) is 0 Å². The Morgan fingerprint density at radius 3 is 1.86 bits per heavy atom. The first kappa shape index (κ1) is 31.7. The number of hydrogen-bond donors (Lipinski definition) is 7. The molecule has 0 saturated heterocycles. The summed E-state index contributed by atoms with van der Waals surface area (Å²) >= 11 is 1.41. The number of aromatic hydroxyl groups is 1. The molecule has 1 aromatic rings. The van der Waals surface area contributed by atoms with E-state index in [1.807, 2.05) is 0 Å². The standard InChI is InChI=1S/C24H36N4O8S/c1-13(2)20(25)23(34)27-16(8-9-19(30)31)21(32)26-17(10-11-37-3)22(33)28-18(24(35)36)12-14-4-6-15(29)7-5-14/h4-7,13,16-18,20,29H,8-12,25H2,1-3H3,(H,26,32)(H,27,34)(H,28,33)(H,30,31)(H,35,36). The van der Waals surface area contributed by atoms with Crippen molar-refractivity contribution in [2.24, 2.45) is 11.7 Å². The fourth-order valence-electron chi connectivity index (χ4n) is 3.22. The van der Waals surface area contributed by atoms with Crippen LogP contribution in [0.4, 0.5) is 0 Å². The van der Waals surface area contributed by atoms with E-state index in [1.165, 1.54) is 36.0 Å². The summed E-state index contributed by atoms with van der Waals surface area (Å²) in [5, 5.41) is 35.5. The van der Waals surface area contributed by atoms with Crippen molar-refractivity contribution in [2.45, 2.75) is 63.7 Å². The molecule has 0 bridgehead atoms. The molecular weight excluding hydrogens is 504 g/mol. The quantitative estimate of drug-likeness (QED) is 0.150. The van der Waals surface area contributed by atoms with E-state index < -0.39 is 60.2 Å². The molecule has 3 amide bonds. The molecule has 4 unspecified atom stereocenters. The molecule has 1 aromatic carbocycles. The fraction of sp³-hybridized carbons (Fsp3) is 0.542. The van der Waals surface area contributed by atoms with E-state index in [-0.39, 0.29) is 30.9 Å². The lowest BCUT2D eigenvalue weighted by atomic mass is 10.0. The minimum atomic E-state index is -1.31. The van der Waals surface area contributed by atoms with Crippen LogP contribution in [0.3, 0.4) is 0 Å². The Kier molecular flexibility index (Phi) is 13.5. The first-order valence-electron chi connectivity index (χ1n) is 11.7. The van der Waals surface area contributed by atoms with Gasteiger partial charge in [-0.3, -0.25) is 19.2 Å². The maximum absolute atomic E-state index is 13.0. The summed E-state index contributed by atoms with van der Waals surface area (Å²) in [6.07, 6.45) is 1.26. The van der Waals surface area contributed by atoms with Crippen molar-refractivity contribution in [2.75, 3.05) is 12.0 Å². The van der Waals surface area contributed by atoms with Crippen molar-refractivity contribution in [3.8, 4) is 5.75 Å². The molecule has 0 aliphatic heterocycles. The van der Waals surface area contributed by atoms with Crippen LogP contribution in [0.1, 0.15) is 38.7 Å². The molecule has 12 nitrogen and oxygen atoms in total. The Labute approximate surface area is 219 Å². The van der Waals surface area contributed by atoms with Crippen molar-refractivity contribution >= 4 is 41.4 Å². The third-order valence-electron chi connectivity index (χ3n) is 5.54. The number of thioether (sulfide) groups is 1. The van der Waals surface area contributed by atoms with Crippen molar-refractivity contribution in [1.29, 1.82) is 0 Å². The van der Waals surface area contributed by atoms with E-state index in [4.69, 9.17) is 10.8 Å². The molecule has 4 atom stereocenters. The molecule has 206 valence electrons. The Morgan fingerprint density at radius 1 is 0.865 bits per heavy atom. The van der Waals surface area contributed by atoms with E-state index in [1.54, 1.807) is 20.1 Å². The Balaban J connectivity index is 3.02. The number of carbonyl (C=O) groups is 5. The highest BCUT2D eigenvalue weighted by Crippen LogP contribution is 2.12. The summed E-state index contributed by atoms with van der Waals surface area (Å²) in [5.74, 6) is -4.37. The lowest BCUT2D eigenvalue weighted by Gasteiger charge is -2.25. The predicted octanol–water partition coefficient (Wildman–Crippen LogP) is 0.0749. The average Bonchev–Trinajstić information content (AvgIpc) is 2.83. The van der Waals surface area contributed by atoms with Crippen LogP contribution < -0.4 is 21.7 Å². The van der Waals surface area contributed by atoms with Gasteiger partial charge in [0.2, 0.25) is 17.7 Å². The van der Waals surface area contributed by atoms with Crippen LogP contribution >= 0.6 is 11.8 Å². The number of amides is 3. The second-order valence-electron chi connectivity index (χ2n) is 8.88. The van der Waals surface area contributed by atoms with Crippen molar-refractivity contribution in [3.63, 3.8) is 0 Å². The SMILES string of the molecule is CSCCC(NC(=O)C(CCC(=O)O)NC(=O)C(N)C(C)C)C(=O)NC(Cc1ccc(O)cc1)C(=O)O. The van der Waals surface area contributed by atoms with Gasteiger partial charge in [0.1, 0.15) is 23.9 Å². The molecule has 0 aliphatic carbocycles. The monoisotopic (exact) mass is 540 g/mol.